The Morgan fingerprint density at radius 3 is 2.13 bits per heavy atom. The molecule has 0 fully saturated rings. The van der Waals surface area contributed by atoms with Crippen molar-refractivity contribution in [3.8, 4) is 11.5 Å². The van der Waals surface area contributed by atoms with Crippen LogP contribution in [0.3, 0.4) is 0 Å². The van der Waals surface area contributed by atoms with Crippen LogP contribution in [0.15, 0.2) is 107 Å². The van der Waals surface area contributed by atoms with Crippen molar-refractivity contribution in [1.29, 1.82) is 0 Å². The Balaban J connectivity index is 1.42. The summed E-state index contributed by atoms with van der Waals surface area (Å²) in [6.45, 7) is 7.49. The van der Waals surface area contributed by atoms with Crippen LogP contribution in [0.5, 0.6) is 11.5 Å². The molecule has 0 spiro atoms. The van der Waals surface area contributed by atoms with E-state index in [0.29, 0.717) is 34.1 Å². The Hall–Kier alpha value is -4.38. The van der Waals surface area contributed by atoms with E-state index in [1.807, 2.05) is 0 Å². The van der Waals surface area contributed by atoms with E-state index in [9.17, 15) is 23.1 Å². The van der Waals surface area contributed by atoms with E-state index in [1.54, 1.807) is 100 Å². The van der Waals surface area contributed by atoms with Gasteiger partial charge in [0.1, 0.15) is 17.1 Å². The third kappa shape index (κ3) is 10.1. The molecule has 47 heavy (non-hydrogen) atoms. The molecule has 0 aliphatic heterocycles. The predicted molar refractivity (Wildman–Crippen MR) is 179 cm³/mol. The van der Waals surface area contributed by atoms with Crippen LogP contribution in [0.25, 0.3) is 0 Å². The van der Waals surface area contributed by atoms with Crippen LogP contribution in [0.4, 0.5) is 4.79 Å². The molecule has 0 aliphatic carbocycles. The van der Waals surface area contributed by atoms with Crippen molar-refractivity contribution in [2.24, 2.45) is 0 Å². The molecule has 0 radical (unpaired) electrons. The number of carbonyl (C=O) groups is 2. The second kappa shape index (κ2) is 15.5. The summed E-state index contributed by atoms with van der Waals surface area (Å²) in [6.07, 6.45) is -1.16. The maximum Gasteiger partial charge on any atom is 0.410 e. The summed E-state index contributed by atoms with van der Waals surface area (Å²) in [7, 11) is -3.83. The van der Waals surface area contributed by atoms with Gasteiger partial charge in [-0.1, -0.05) is 41.9 Å². The standard InChI is InChI=1S/C36H38ClNO8S/c1-5-44-34(40)27-9-7-11-30(23-27)45-29-14-18-32(19-15-29)47(42,43)31-16-12-25(13-17-31)20-21-38(35(41)46-36(2,3)4)24-33(39)26-8-6-10-28(37)22-26/h6-19,22-23,33,39H,5,20-21,24H2,1-4H3/t33-/m0/s1. The Labute approximate surface area is 280 Å². The van der Waals surface area contributed by atoms with Crippen molar-refractivity contribution in [2.75, 3.05) is 19.7 Å². The molecule has 0 saturated heterocycles. The molecule has 0 aromatic heterocycles. The highest BCUT2D eigenvalue weighted by Gasteiger charge is 2.25. The molecule has 0 heterocycles. The van der Waals surface area contributed by atoms with Crippen molar-refractivity contribution >= 4 is 33.5 Å². The third-order valence-electron chi connectivity index (χ3n) is 6.90. The highest BCUT2D eigenvalue weighted by Crippen LogP contribution is 2.27. The van der Waals surface area contributed by atoms with Crippen LogP contribution >= 0.6 is 11.6 Å². The van der Waals surface area contributed by atoms with Gasteiger partial charge in [-0.15, -0.1) is 0 Å². The van der Waals surface area contributed by atoms with E-state index in [0.717, 1.165) is 5.56 Å². The van der Waals surface area contributed by atoms with Crippen LogP contribution in [-0.2, 0) is 25.7 Å². The SMILES string of the molecule is CCOC(=O)c1cccc(Oc2ccc(S(=O)(=O)c3ccc(CCN(C[C@H](O)c4cccc(Cl)c4)C(=O)OC(C)(C)C)cc3)cc2)c1. The quantitative estimate of drug-likeness (QED) is 0.152. The Bertz CT molecular complexity index is 1790. The number of sulfone groups is 1. The first-order valence-electron chi connectivity index (χ1n) is 15.1. The van der Waals surface area contributed by atoms with E-state index in [2.05, 4.69) is 0 Å². The van der Waals surface area contributed by atoms with Gasteiger partial charge in [0.15, 0.2) is 0 Å². The fourth-order valence-corrected chi connectivity index (χ4v) is 6.03. The van der Waals surface area contributed by atoms with Gasteiger partial charge in [0.05, 0.1) is 34.6 Å². The van der Waals surface area contributed by atoms with Crippen LogP contribution in [0.2, 0.25) is 5.02 Å². The lowest BCUT2D eigenvalue weighted by atomic mass is 10.1. The van der Waals surface area contributed by atoms with Gasteiger partial charge in [-0.25, -0.2) is 18.0 Å². The Kier molecular flexibility index (Phi) is 11.7. The largest absolute Gasteiger partial charge is 0.462 e. The summed E-state index contributed by atoms with van der Waals surface area (Å²) in [5, 5.41) is 11.3. The number of nitrogens with zero attached hydrogens (tertiary/aromatic N) is 1. The topological polar surface area (TPSA) is 119 Å². The summed E-state index contributed by atoms with van der Waals surface area (Å²) in [4.78, 5) is 26.7. The monoisotopic (exact) mass is 679 g/mol. The lowest BCUT2D eigenvalue weighted by Gasteiger charge is -2.29. The number of ether oxygens (including phenoxy) is 3. The smallest absolute Gasteiger partial charge is 0.410 e. The molecule has 9 nitrogen and oxygen atoms in total. The molecule has 4 aromatic rings. The van der Waals surface area contributed by atoms with Gasteiger partial charge < -0.3 is 24.2 Å². The van der Waals surface area contributed by atoms with E-state index >= 15 is 0 Å². The van der Waals surface area contributed by atoms with Crippen LogP contribution in [0.1, 0.15) is 55.3 Å². The predicted octanol–water partition coefficient (Wildman–Crippen LogP) is 7.66. The van der Waals surface area contributed by atoms with Gasteiger partial charge in [0.25, 0.3) is 0 Å². The molecule has 0 unspecified atom stereocenters. The summed E-state index contributed by atoms with van der Waals surface area (Å²) >= 11 is 6.08. The van der Waals surface area contributed by atoms with Crippen molar-refractivity contribution < 1.29 is 37.3 Å². The normalized spacial score (nSPS) is 12.2. The number of hydrogen-bond donors (Lipinski definition) is 1. The van der Waals surface area contributed by atoms with Crippen LogP contribution < -0.4 is 4.74 Å². The van der Waals surface area contributed by atoms with Gasteiger partial charge in [-0.3, -0.25) is 0 Å². The fraction of sp³-hybridized carbons (Fsp3) is 0.278. The van der Waals surface area contributed by atoms with Gasteiger partial charge in [0.2, 0.25) is 9.84 Å². The minimum absolute atomic E-state index is 0.0156. The number of rotatable bonds is 12. The molecular weight excluding hydrogens is 642 g/mol. The Morgan fingerprint density at radius 1 is 0.872 bits per heavy atom. The second-order valence-corrected chi connectivity index (χ2v) is 14.1. The number of hydrogen-bond acceptors (Lipinski definition) is 8. The minimum Gasteiger partial charge on any atom is -0.462 e. The van der Waals surface area contributed by atoms with Crippen molar-refractivity contribution in [1.82, 2.24) is 4.90 Å². The van der Waals surface area contributed by atoms with E-state index in [-0.39, 0.29) is 29.5 Å². The zero-order chi connectivity index (χ0) is 34.2. The molecule has 1 amide bonds. The molecular formula is C36H38ClNO8S. The van der Waals surface area contributed by atoms with E-state index in [4.69, 9.17) is 25.8 Å². The summed E-state index contributed by atoms with van der Waals surface area (Å²) in [5.74, 6) is 0.347. The number of aliphatic hydroxyl groups excluding tert-OH is 1. The third-order valence-corrected chi connectivity index (χ3v) is 8.92. The van der Waals surface area contributed by atoms with Gasteiger partial charge in [-0.05, 0) is 112 Å². The minimum atomic E-state index is -3.83. The summed E-state index contributed by atoms with van der Waals surface area (Å²) < 4.78 is 43.1. The molecule has 0 aliphatic rings. The van der Waals surface area contributed by atoms with Crippen LogP contribution in [-0.4, -0.2) is 55.8 Å². The maximum absolute atomic E-state index is 13.4. The van der Waals surface area contributed by atoms with Crippen molar-refractivity contribution in [3.05, 3.63) is 119 Å². The van der Waals surface area contributed by atoms with Gasteiger partial charge in [-0.2, -0.15) is 0 Å². The highest BCUT2D eigenvalue weighted by molar-refractivity contribution is 7.91. The second-order valence-electron chi connectivity index (χ2n) is 11.7. The molecule has 4 rings (SSSR count). The molecule has 0 bridgehead atoms. The van der Waals surface area contributed by atoms with E-state index < -0.39 is 33.6 Å². The summed E-state index contributed by atoms with van der Waals surface area (Å²) in [5.41, 5.74) is 0.984. The number of aliphatic hydroxyl groups is 1. The lowest BCUT2D eigenvalue weighted by Crippen LogP contribution is -2.40. The number of halogens is 1. The van der Waals surface area contributed by atoms with Crippen molar-refractivity contribution in [2.45, 2.75) is 55.6 Å². The first-order valence-corrected chi connectivity index (χ1v) is 16.9. The maximum atomic E-state index is 13.4. The average molecular weight is 680 g/mol. The first-order chi connectivity index (χ1) is 22.2. The molecule has 1 atom stereocenters. The van der Waals surface area contributed by atoms with E-state index in [1.165, 1.54) is 29.2 Å². The average Bonchev–Trinajstić information content (AvgIpc) is 3.03. The Morgan fingerprint density at radius 2 is 1.51 bits per heavy atom. The number of esters is 1. The summed E-state index contributed by atoms with van der Waals surface area (Å²) in [6, 6.07) is 25.8. The number of benzene rings is 4. The van der Waals surface area contributed by atoms with Crippen molar-refractivity contribution in [3.63, 3.8) is 0 Å². The van der Waals surface area contributed by atoms with Gasteiger partial charge in [0, 0.05) is 11.6 Å². The zero-order valence-corrected chi connectivity index (χ0v) is 28.3. The van der Waals surface area contributed by atoms with Crippen LogP contribution in [0, 0.1) is 0 Å². The zero-order valence-electron chi connectivity index (χ0n) is 26.7. The fourth-order valence-electron chi connectivity index (χ4n) is 4.57. The first kappa shape index (κ1) is 35.5. The number of amides is 1. The number of carbonyl (C=O) groups excluding carboxylic acids is 2. The molecule has 1 N–H and O–H groups in total. The molecule has 4 aromatic carbocycles. The van der Waals surface area contributed by atoms with Gasteiger partial charge >= 0.3 is 12.1 Å². The molecule has 11 heteroatoms. The lowest BCUT2D eigenvalue weighted by molar-refractivity contribution is 0.0147. The molecule has 0 saturated carbocycles. The highest BCUT2D eigenvalue weighted by atomic mass is 35.5. The molecule has 248 valence electrons.